The Morgan fingerprint density at radius 3 is 2.73 bits per heavy atom. The summed E-state index contributed by atoms with van der Waals surface area (Å²) in [5.74, 6) is -0.339. The highest BCUT2D eigenvalue weighted by Gasteiger charge is 2.27. The Kier molecular flexibility index (Phi) is 5.99. The van der Waals surface area contributed by atoms with E-state index in [2.05, 4.69) is 12.2 Å². The summed E-state index contributed by atoms with van der Waals surface area (Å²) in [5, 5.41) is 12.2. The van der Waals surface area contributed by atoms with Gasteiger partial charge in [-0.15, -0.1) is 0 Å². The topological polar surface area (TPSA) is 66.4 Å². The van der Waals surface area contributed by atoms with Crippen LogP contribution in [0.1, 0.15) is 61.4 Å². The Bertz CT molecular complexity index is 523. The van der Waals surface area contributed by atoms with Crippen LogP contribution in [0.25, 0.3) is 0 Å². The summed E-state index contributed by atoms with van der Waals surface area (Å²) in [4.78, 5) is 23.2. The van der Waals surface area contributed by atoms with Gasteiger partial charge in [0, 0.05) is 6.04 Å². The second-order valence-corrected chi connectivity index (χ2v) is 6.19. The van der Waals surface area contributed by atoms with E-state index < -0.39 is 5.97 Å². The number of carboxylic acids is 1. The first-order valence-electron chi connectivity index (χ1n) is 8.21. The molecule has 22 heavy (non-hydrogen) atoms. The van der Waals surface area contributed by atoms with Crippen molar-refractivity contribution in [3.63, 3.8) is 0 Å². The minimum Gasteiger partial charge on any atom is -0.478 e. The number of carbonyl (C=O) groups excluding carboxylic acids is 1. The molecule has 1 saturated carbocycles. The summed E-state index contributed by atoms with van der Waals surface area (Å²) < 4.78 is 0. The molecule has 0 aromatic heterocycles. The van der Waals surface area contributed by atoms with Crippen molar-refractivity contribution < 1.29 is 14.7 Å². The first-order valence-corrected chi connectivity index (χ1v) is 8.21. The first kappa shape index (κ1) is 16.5. The zero-order valence-electron chi connectivity index (χ0n) is 13.2. The molecule has 4 nitrogen and oxygen atoms in total. The minimum atomic E-state index is -0.961. The number of benzene rings is 1. The highest BCUT2D eigenvalue weighted by Crippen LogP contribution is 2.31. The normalized spacial score (nSPS) is 15.9. The molecule has 1 aliphatic rings. The Morgan fingerprint density at radius 1 is 1.36 bits per heavy atom. The summed E-state index contributed by atoms with van der Waals surface area (Å²) in [6.07, 6.45) is 7.25. The monoisotopic (exact) mass is 303 g/mol. The average molecular weight is 303 g/mol. The molecule has 0 radical (unpaired) electrons. The lowest BCUT2D eigenvalue weighted by molar-refractivity contribution is -0.121. The number of nitrogens with one attached hydrogen (secondary N) is 1. The number of carbonyl (C=O) groups is 2. The van der Waals surface area contributed by atoms with E-state index in [0.717, 1.165) is 24.8 Å². The van der Waals surface area contributed by atoms with Gasteiger partial charge in [-0.1, -0.05) is 38.3 Å². The molecule has 0 saturated heterocycles. The largest absolute Gasteiger partial charge is 0.478 e. The van der Waals surface area contributed by atoms with Gasteiger partial charge in [0.15, 0.2) is 0 Å². The van der Waals surface area contributed by atoms with Crippen molar-refractivity contribution in [3.05, 3.63) is 35.4 Å². The molecule has 1 aromatic carbocycles. The molecule has 0 bridgehead atoms. The third kappa shape index (κ3) is 4.58. The van der Waals surface area contributed by atoms with Crippen LogP contribution < -0.4 is 5.32 Å². The number of carboxylic acid groups (broad SMARTS) is 1. The molecule has 1 fully saturated rings. The van der Waals surface area contributed by atoms with Crippen molar-refractivity contribution in [1.29, 1.82) is 0 Å². The lowest BCUT2D eigenvalue weighted by Crippen LogP contribution is -2.43. The van der Waals surface area contributed by atoms with Gasteiger partial charge in [0.1, 0.15) is 0 Å². The smallest absolute Gasteiger partial charge is 0.335 e. The van der Waals surface area contributed by atoms with Crippen LogP contribution in [0.4, 0.5) is 0 Å². The number of hydrogen-bond donors (Lipinski definition) is 2. The molecule has 4 heteroatoms. The SMILES string of the molecule is CCCCC(NC(=O)Cc1cccc(C(=O)O)c1)C1CCC1. The highest BCUT2D eigenvalue weighted by molar-refractivity contribution is 5.88. The van der Waals surface area contributed by atoms with E-state index >= 15 is 0 Å². The highest BCUT2D eigenvalue weighted by atomic mass is 16.4. The molecule has 2 rings (SSSR count). The number of amides is 1. The van der Waals surface area contributed by atoms with Crippen LogP contribution in [0.2, 0.25) is 0 Å². The van der Waals surface area contributed by atoms with Crippen molar-refractivity contribution in [1.82, 2.24) is 5.32 Å². The molecule has 1 unspecified atom stereocenters. The molecule has 120 valence electrons. The van der Waals surface area contributed by atoms with Crippen molar-refractivity contribution in [2.45, 2.75) is 57.9 Å². The summed E-state index contributed by atoms with van der Waals surface area (Å²) >= 11 is 0. The molecule has 1 atom stereocenters. The molecule has 1 aromatic rings. The Labute approximate surface area is 131 Å². The average Bonchev–Trinajstić information content (AvgIpc) is 2.43. The minimum absolute atomic E-state index is 0.00413. The molecule has 1 aliphatic carbocycles. The maximum Gasteiger partial charge on any atom is 0.335 e. The maximum atomic E-state index is 12.3. The van der Waals surface area contributed by atoms with Crippen LogP contribution in [-0.2, 0) is 11.2 Å². The van der Waals surface area contributed by atoms with E-state index in [4.69, 9.17) is 5.11 Å². The van der Waals surface area contributed by atoms with Crippen LogP contribution in [0, 0.1) is 5.92 Å². The van der Waals surface area contributed by atoms with E-state index in [1.807, 2.05) is 0 Å². The van der Waals surface area contributed by atoms with Crippen molar-refractivity contribution >= 4 is 11.9 Å². The number of hydrogen-bond acceptors (Lipinski definition) is 2. The summed E-state index contributed by atoms with van der Waals surface area (Å²) in [5.41, 5.74) is 0.979. The fourth-order valence-corrected chi connectivity index (χ4v) is 2.95. The van der Waals surface area contributed by atoms with E-state index in [0.29, 0.717) is 5.92 Å². The predicted molar refractivity (Wildman–Crippen MR) is 85.9 cm³/mol. The van der Waals surface area contributed by atoms with Crippen molar-refractivity contribution in [2.24, 2.45) is 5.92 Å². The van der Waals surface area contributed by atoms with Gasteiger partial charge in [-0.25, -0.2) is 4.79 Å². The van der Waals surface area contributed by atoms with Gasteiger partial charge in [-0.3, -0.25) is 4.79 Å². The van der Waals surface area contributed by atoms with Crippen LogP contribution in [0.15, 0.2) is 24.3 Å². The van der Waals surface area contributed by atoms with Crippen molar-refractivity contribution in [2.75, 3.05) is 0 Å². The van der Waals surface area contributed by atoms with Gasteiger partial charge >= 0.3 is 5.97 Å². The summed E-state index contributed by atoms with van der Waals surface area (Å²) in [6, 6.07) is 6.89. The standard InChI is InChI=1S/C18H25NO3/c1-2-3-10-16(14-7-5-8-14)19-17(20)12-13-6-4-9-15(11-13)18(21)22/h4,6,9,11,14,16H,2-3,5,7-8,10,12H2,1H3,(H,19,20)(H,21,22). The van der Waals surface area contributed by atoms with Gasteiger partial charge in [-0.05, 0) is 42.9 Å². The summed E-state index contributed by atoms with van der Waals surface area (Å²) in [6.45, 7) is 2.16. The maximum absolute atomic E-state index is 12.3. The second kappa shape index (κ2) is 7.97. The second-order valence-electron chi connectivity index (χ2n) is 6.19. The van der Waals surface area contributed by atoms with Crippen LogP contribution in [0.3, 0.4) is 0 Å². The molecule has 0 spiro atoms. The number of unbranched alkanes of at least 4 members (excludes halogenated alkanes) is 1. The predicted octanol–water partition coefficient (Wildman–Crippen LogP) is 3.40. The molecule has 2 N–H and O–H groups in total. The van der Waals surface area contributed by atoms with E-state index in [1.165, 1.54) is 19.3 Å². The zero-order chi connectivity index (χ0) is 15.9. The Hall–Kier alpha value is -1.84. The zero-order valence-corrected chi connectivity index (χ0v) is 13.2. The van der Waals surface area contributed by atoms with Crippen LogP contribution >= 0.6 is 0 Å². The Balaban J connectivity index is 1.92. The lowest BCUT2D eigenvalue weighted by Gasteiger charge is -2.34. The van der Waals surface area contributed by atoms with E-state index in [1.54, 1.807) is 24.3 Å². The molecule has 1 amide bonds. The quantitative estimate of drug-likeness (QED) is 0.773. The third-order valence-electron chi connectivity index (χ3n) is 4.47. The van der Waals surface area contributed by atoms with E-state index in [9.17, 15) is 9.59 Å². The first-order chi connectivity index (χ1) is 10.6. The van der Waals surface area contributed by atoms with Gasteiger partial charge in [-0.2, -0.15) is 0 Å². The van der Waals surface area contributed by atoms with E-state index in [-0.39, 0.29) is 23.9 Å². The van der Waals surface area contributed by atoms with Gasteiger partial charge in [0.25, 0.3) is 0 Å². The third-order valence-corrected chi connectivity index (χ3v) is 4.47. The number of rotatable bonds is 8. The van der Waals surface area contributed by atoms with Crippen LogP contribution in [-0.4, -0.2) is 23.0 Å². The number of aromatic carboxylic acids is 1. The molecule has 0 heterocycles. The molecular formula is C18H25NO3. The summed E-state index contributed by atoms with van der Waals surface area (Å²) in [7, 11) is 0. The molecule has 0 aliphatic heterocycles. The van der Waals surface area contributed by atoms with Crippen LogP contribution in [0.5, 0.6) is 0 Å². The van der Waals surface area contributed by atoms with Gasteiger partial charge < -0.3 is 10.4 Å². The van der Waals surface area contributed by atoms with Gasteiger partial charge in [0.05, 0.1) is 12.0 Å². The van der Waals surface area contributed by atoms with Crippen molar-refractivity contribution in [3.8, 4) is 0 Å². The fraction of sp³-hybridized carbons (Fsp3) is 0.556. The molecular weight excluding hydrogens is 278 g/mol. The fourth-order valence-electron chi connectivity index (χ4n) is 2.95. The Morgan fingerprint density at radius 2 is 2.14 bits per heavy atom. The van der Waals surface area contributed by atoms with Gasteiger partial charge in [0.2, 0.25) is 5.91 Å². The lowest BCUT2D eigenvalue weighted by atomic mass is 9.78.